The number of pyridine rings is 1. The number of nitrogens with one attached hydrogen (secondary N) is 1. The van der Waals surface area contributed by atoms with Crippen molar-refractivity contribution in [1.82, 2.24) is 4.98 Å². The molecule has 80 valence electrons. The summed E-state index contributed by atoms with van der Waals surface area (Å²) < 4.78 is 5.10. The van der Waals surface area contributed by atoms with Crippen LogP contribution in [0.15, 0.2) is 12.3 Å². The molecule has 0 unspecified atom stereocenters. The SMILES string of the molecule is COc1cc(C2CC2)ncc1NC(=O)O. The monoisotopic (exact) mass is 208 g/mol. The number of nitrogens with zero attached hydrogens (tertiary/aromatic N) is 1. The van der Waals surface area contributed by atoms with Crippen LogP contribution in [0.5, 0.6) is 5.75 Å². The minimum Gasteiger partial charge on any atom is -0.494 e. The number of carboxylic acid groups (broad SMARTS) is 1. The normalized spacial score (nSPS) is 14.7. The summed E-state index contributed by atoms with van der Waals surface area (Å²) in [6.07, 6.45) is 2.69. The predicted octanol–water partition coefficient (Wildman–Crippen LogP) is 2.06. The van der Waals surface area contributed by atoms with Gasteiger partial charge in [-0.25, -0.2) is 4.79 Å². The molecule has 0 radical (unpaired) electrons. The molecule has 1 amide bonds. The largest absolute Gasteiger partial charge is 0.494 e. The number of rotatable bonds is 3. The maximum Gasteiger partial charge on any atom is 0.409 e. The Morgan fingerprint density at radius 1 is 1.67 bits per heavy atom. The first kappa shape index (κ1) is 9.76. The van der Waals surface area contributed by atoms with E-state index in [4.69, 9.17) is 9.84 Å². The summed E-state index contributed by atoms with van der Waals surface area (Å²) in [4.78, 5) is 14.7. The van der Waals surface area contributed by atoms with Gasteiger partial charge >= 0.3 is 6.09 Å². The summed E-state index contributed by atoms with van der Waals surface area (Å²) >= 11 is 0. The van der Waals surface area contributed by atoms with E-state index in [-0.39, 0.29) is 0 Å². The third kappa shape index (κ3) is 2.18. The summed E-state index contributed by atoms with van der Waals surface area (Å²) in [6, 6.07) is 1.79. The number of carbonyl (C=O) groups is 1. The summed E-state index contributed by atoms with van der Waals surface area (Å²) in [5.74, 6) is 1.05. The van der Waals surface area contributed by atoms with E-state index in [1.807, 2.05) is 0 Å². The maximum absolute atomic E-state index is 10.5. The molecule has 2 rings (SSSR count). The molecular weight excluding hydrogens is 196 g/mol. The van der Waals surface area contributed by atoms with Gasteiger partial charge in [0.2, 0.25) is 0 Å². The highest BCUT2D eigenvalue weighted by Crippen LogP contribution is 2.41. The molecule has 2 N–H and O–H groups in total. The summed E-state index contributed by atoms with van der Waals surface area (Å²) in [5, 5.41) is 10.8. The Morgan fingerprint density at radius 2 is 2.40 bits per heavy atom. The molecule has 0 bridgehead atoms. The van der Waals surface area contributed by atoms with Gasteiger partial charge in [0, 0.05) is 17.7 Å². The number of hydrogen-bond acceptors (Lipinski definition) is 3. The minimum absolute atomic E-state index is 0.384. The molecule has 15 heavy (non-hydrogen) atoms. The van der Waals surface area contributed by atoms with Crippen LogP contribution in [0.3, 0.4) is 0 Å². The van der Waals surface area contributed by atoms with E-state index in [1.54, 1.807) is 6.07 Å². The van der Waals surface area contributed by atoms with Crippen LogP contribution < -0.4 is 10.1 Å². The quantitative estimate of drug-likeness (QED) is 0.797. The molecule has 1 aliphatic rings. The number of hydrogen-bond donors (Lipinski definition) is 2. The van der Waals surface area contributed by atoms with Crippen LogP contribution >= 0.6 is 0 Å². The van der Waals surface area contributed by atoms with Gasteiger partial charge in [0.1, 0.15) is 11.4 Å². The van der Waals surface area contributed by atoms with Crippen LogP contribution in [0.2, 0.25) is 0 Å². The lowest BCUT2D eigenvalue weighted by Gasteiger charge is -2.08. The van der Waals surface area contributed by atoms with Gasteiger partial charge in [-0.15, -0.1) is 0 Å². The average Bonchev–Trinajstić information content (AvgIpc) is 3.01. The Labute approximate surface area is 87.1 Å². The van der Waals surface area contributed by atoms with Crippen LogP contribution in [-0.4, -0.2) is 23.3 Å². The molecule has 0 atom stereocenters. The van der Waals surface area contributed by atoms with Crippen molar-refractivity contribution in [3.63, 3.8) is 0 Å². The van der Waals surface area contributed by atoms with Gasteiger partial charge in [0.25, 0.3) is 0 Å². The Bertz CT molecular complexity index is 388. The molecule has 5 nitrogen and oxygen atoms in total. The van der Waals surface area contributed by atoms with Crippen molar-refractivity contribution >= 4 is 11.8 Å². The van der Waals surface area contributed by atoms with Crippen molar-refractivity contribution in [2.45, 2.75) is 18.8 Å². The highest BCUT2D eigenvalue weighted by atomic mass is 16.5. The molecule has 5 heteroatoms. The molecule has 0 aromatic carbocycles. The fourth-order valence-corrected chi connectivity index (χ4v) is 1.43. The van der Waals surface area contributed by atoms with Crippen molar-refractivity contribution in [2.24, 2.45) is 0 Å². The highest BCUT2D eigenvalue weighted by Gasteiger charge is 2.25. The molecule has 1 aromatic rings. The van der Waals surface area contributed by atoms with Crippen molar-refractivity contribution in [3.05, 3.63) is 18.0 Å². The lowest BCUT2D eigenvalue weighted by atomic mass is 10.2. The van der Waals surface area contributed by atoms with Crippen molar-refractivity contribution in [3.8, 4) is 5.75 Å². The van der Waals surface area contributed by atoms with E-state index < -0.39 is 6.09 Å². The van der Waals surface area contributed by atoms with Crippen molar-refractivity contribution in [2.75, 3.05) is 12.4 Å². The Morgan fingerprint density at radius 3 is 2.93 bits per heavy atom. The number of ether oxygens (including phenoxy) is 1. The number of aromatic nitrogens is 1. The maximum atomic E-state index is 10.5. The fourth-order valence-electron chi connectivity index (χ4n) is 1.43. The summed E-state index contributed by atoms with van der Waals surface area (Å²) in [5.41, 5.74) is 1.36. The van der Waals surface area contributed by atoms with E-state index in [0.717, 1.165) is 18.5 Å². The van der Waals surface area contributed by atoms with Gasteiger partial charge in [-0.3, -0.25) is 10.3 Å². The van der Waals surface area contributed by atoms with Crippen LogP contribution in [0.1, 0.15) is 24.5 Å². The number of amides is 1. The van der Waals surface area contributed by atoms with E-state index in [0.29, 0.717) is 17.4 Å². The second-order valence-electron chi connectivity index (χ2n) is 3.51. The average molecular weight is 208 g/mol. The highest BCUT2D eigenvalue weighted by molar-refractivity contribution is 5.84. The Balaban J connectivity index is 2.26. The molecule has 1 aromatic heterocycles. The van der Waals surface area contributed by atoms with Crippen LogP contribution in [-0.2, 0) is 0 Å². The first-order valence-corrected chi connectivity index (χ1v) is 4.74. The zero-order valence-electron chi connectivity index (χ0n) is 8.36. The van der Waals surface area contributed by atoms with E-state index >= 15 is 0 Å². The molecule has 1 heterocycles. The number of anilines is 1. The molecule has 0 saturated heterocycles. The fraction of sp³-hybridized carbons (Fsp3) is 0.400. The van der Waals surface area contributed by atoms with Gasteiger partial charge in [-0.2, -0.15) is 0 Å². The second-order valence-corrected chi connectivity index (χ2v) is 3.51. The lowest BCUT2D eigenvalue weighted by molar-refractivity contribution is 0.209. The standard InChI is InChI=1S/C10H12N2O3/c1-15-9-4-7(6-2-3-6)11-5-8(9)12-10(13)14/h4-6,12H,2-3H2,1H3,(H,13,14). The lowest BCUT2D eigenvalue weighted by Crippen LogP contribution is -2.09. The molecular formula is C10H12N2O3. The number of methoxy groups -OCH3 is 1. The van der Waals surface area contributed by atoms with Crippen molar-refractivity contribution in [1.29, 1.82) is 0 Å². The zero-order valence-corrected chi connectivity index (χ0v) is 8.36. The molecule has 1 fully saturated rings. The van der Waals surface area contributed by atoms with Crippen LogP contribution in [0.4, 0.5) is 10.5 Å². The third-order valence-electron chi connectivity index (χ3n) is 2.34. The molecule has 1 aliphatic carbocycles. The third-order valence-corrected chi connectivity index (χ3v) is 2.34. The smallest absolute Gasteiger partial charge is 0.409 e. The topological polar surface area (TPSA) is 71.5 Å². The van der Waals surface area contributed by atoms with Gasteiger partial charge in [0.15, 0.2) is 0 Å². The van der Waals surface area contributed by atoms with E-state index in [9.17, 15) is 4.79 Å². The first-order chi connectivity index (χ1) is 7.20. The first-order valence-electron chi connectivity index (χ1n) is 4.74. The molecule has 1 saturated carbocycles. The Kier molecular flexibility index (Phi) is 2.45. The van der Waals surface area contributed by atoms with Crippen molar-refractivity contribution < 1.29 is 14.6 Å². The van der Waals surface area contributed by atoms with Crippen LogP contribution in [0.25, 0.3) is 0 Å². The minimum atomic E-state index is -1.12. The zero-order chi connectivity index (χ0) is 10.8. The van der Waals surface area contributed by atoms with Gasteiger partial charge < -0.3 is 9.84 Å². The van der Waals surface area contributed by atoms with Crippen LogP contribution in [0, 0.1) is 0 Å². The van der Waals surface area contributed by atoms with E-state index in [2.05, 4.69) is 10.3 Å². The van der Waals surface area contributed by atoms with Gasteiger partial charge in [-0.1, -0.05) is 0 Å². The van der Waals surface area contributed by atoms with E-state index in [1.165, 1.54) is 13.3 Å². The van der Waals surface area contributed by atoms with Gasteiger partial charge in [-0.05, 0) is 12.8 Å². The molecule has 0 aliphatic heterocycles. The summed E-state index contributed by atoms with van der Waals surface area (Å²) in [7, 11) is 1.51. The Hall–Kier alpha value is -1.78. The summed E-state index contributed by atoms with van der Waals surface area (Å²) in [6.45, 7) is 0. The van der Waals surface area contributed by atoms with Gasteiger partial charge in [0.05, 0.1) is 13.3 Å². The second kappa shape index (κ2) is 3.76. The molecule has 0 spiro atoms. The predicted molar refractivity (Wildman–Crippen MR) is 54.4 cm³/mol.